The highest BCUT2D eigenvalue weighted by Gasteiger charge is 2.31. The summed E-state index contributed by atoms with van der Waals surface area (Å²) in [5, 5.41) is 7.55. The number of hydrogen-bond donors (Lipinski definition) is 1. The van der Waals surface area contributed by atoms with Crippen LogP contribution < -0.4 is 0 Å². The van der Waals surface area contributed by atoms with Crippen LogP contribution in [0.15, 0.2) is 29.2 Å². The van der Waals surface area contributed by atoms with E-state index in [9.17, 15) is 8.42 Å². The molecule has 6 nitrogen and oxygen atoms in total. The molecule has 0 bridgehead atoms. The van der Waals surface area contributed by atoms with Crippen LogP contribution in [-0.4, -0.2) is 60.5 Å². The molecule has 1 fully saturated rings. The molecule has 1 aliphatic rings. The van der Waals surface area contributed by atoms with Crippen molar-refractivity contribution in [2.45, 2.75) is 31.6 Å². The van der Waals surface area contributed by atoms with Crippen LogP contribution in [0.2, 0.25) is 5.02 Å². The van der Waals surface area contributed by atoms with Gasteiger partial charge in [0, 0.05) is 31.2 Å². The lowest BCUT2D eigenvalue weighted by Crippen LogP contribution is -2.48. The molecule has 0 unspecified atom stereocenters. The van der Waals surface area contributed by atoms with E-state index in [1.807, 2.05) is 18.2 Å². The number of halogens is 1. The van der Waals surface area contributed by atoms with Crippen molar-refractivity contribution in [2.24, 2.45) is 0 Å². The monoisotopic (exact) mass is 396 g/mol. The van der Waals surface area contributed by atoms with Gasteiger partial charge in [-0.2, -0.15) is 9.40 Å². The lowest BCUT2D eigenvalue weighted by molar-refractivity contribution is 0.186. The van der Waals surface area contributed by atoms with Crippen LogP contribution in [0.5, 0.6) is 0 Å². The number of aromatic amines is 1. The molecule has 1 aliphatic heterocycles. The zero-order valence-electron chi connectivity index (χ0n) is 15.2. The van der Waals surface area contributed by atoms with Crippen LogP contribution in [0.3, 0.4) is 0 Å². The van der Waals surface area contributed by atoms with E-state index >= 15 is 0 Å². The van der Waals surface area contributed by atoms with E-state index in [2.05, 4.69) is 21.2 Å². The molecular weight excluding hydrogens is 372 g/mol. The lowest BCUT2D eigenvalue weighted by Gasteiger charge is -2.34. The Morgan fingerprint density at radius 2 is 1.92 bits per heavy atom. The standard InChI is InChI=1S/C18H25ClN4O2S/c1-14-18(15(2)21-20-14)26(24,25)23-11-9-22(10-12-23)8-4-6-16-5-3-7-17(19)13-16/h3,5,7,13H,4,6,8-12H2,1-2H3,(H,20,21). The van der Waals surface area contributed by atoms with Gasteiger partial charge in [0.15, 0.2) is 0 Å². The highest BCUT2D eigenvalue weighted by Crippen LogP contribution is 2.22. The molecule has 1 saturated heterocycles. The van der Waals surface area contributed by atoms with E-state index in [0.29, 0.717) is 29.4 Å². The number of nitrogens with zero attached hydrogens (tertiary/aromatic N) is 3. The van der Waals surface area contributed by atoms with Crippen LogP contribution in [0.1, 0.15) is 23.4 Å². The third kappa shape index (κ3) is 4.28. The highest BCUT2D eigenvalue weighted by atomic mass is 35.5. The van der Waals surface area contributed by atoms with E-state index in [-0.39, 0.29) is 0 Å². The molecule has 2 heterocycles. The number of rotatable bonds is 6. The molecule has 1 N–H and O–H groups in total. The maximum Gasteiger partial charge on any atom is 0.246 e. The molecular formula is C18H25ClN4O2S. The molecule has 26 heavy (non-hydrogen) atoms. The topological polar surface area (TPSA) is 69.3 Å². The van der Waals surface area contributed by atoms with Crippen LogP contribution >= 0.6 is 11.6 Å². The van der Waals surface area contributed by atoms with E-state index in [0.717, 1.165) is 37.5 Å². The van der Waals surface area contributed by atoms with Crippen molar-refractivity contribution < 1.29 is 8.42 Å². The van der Waals surface area contributed by atoms with Crippen LogP contribution in [0.25, 0.3) is 0 Å². The van der Waals surface area contributed by atoms with Crippen molar-refractivity contribution in [3.05, 3.63) is 46.2 Å². The molecule has 2 aromatic rings. The Morgan fingerprint density at radius 3 is 2.54 bits per heavy atom. The molecule has 0 spiro atoms. The summed E-state index contributed by atoms with van der Waals surface area (Å²) >= 11 is 6.02. The summed E-state index contributed by atoms with van der Waals surface area (Å²) in [7, 11) is -3.47. The van der Waals surface area contributed by atoms with Crippen molar-refractivity contribution >= 4 is 21.6 Å². The second-order valence-corrected chi connectivity index (χ2v) is 9.05. The molecule has 0 radical (unpaired) electrons. The number of sulfonamides is 1. The molecule has 0 atom stereocenters. The average molecular weight is 397 g/mol. The fraction of sp³-hybridized carbons (Fsp3) is 0.500. The van der Waals surface area contributed by atoms with Crippen molar-refractivity contribution in [1.82, 2.24) is 19.4 Å². The predicted octanol–water partition coefficient (Wildman–Crippen LogP) is 2.62. The third-order valence-corrected chi connectivity index (χ3v) is 7.22. The fourth-order valence-electron chi connectivity index (χ4n) is 3.44. The lowest BCUT2D eigenvalue weighted by atomic mass is 10.1. The Bertz CT molecular complexity index is 838. The Balaban J connectivity index is 1.51. The second kappa shape index (κ2) is 8.08. The highest BCUT2D eigenvalue weighted by molar-refractivity contribution is 7.89. The van der Waals surface area contributed by atoms with Gasteiger partial charge in [0.05, 0.1) is 11.4 Å². The smallest absolute Gasteiger partial charge is 0.246 e. The van der Waals surface area contributed by atoms with Gasteiger partial charge in [-0.05, 0) is 50.9 Å². The first kappa shape index (κ1) is 19.4. The molecule has 142 valence electrons. The number of nitrogens with one attached hydrogen (secondary N) is 1. The quantitative estimate of drug-likeness (QED) is 0.814. The number of piperazine rings is 1. The number of benzene rings is 1. The van der Waals surface area contributed by atoms with Gasteiger partial charge >= 0.3 is 0 Å². The van der Waals surface area contributed by atoms with Gasteiger partial charge in [-0.1, -0.05) is 23.7 Å². The third-order valence-electron chi connectivity index (χ3n) is 4.82. The first-order chi connectivity index (χ1) is 12.4. The van der Waals surface area contributed by atoms with Crippen LogP contribution in [-0.2, 0) is 16.4 Å². The van der Waals surface area contributed by atoms with Gasteiger partial charge in [0.25, 0.3) is 0 Å². The van der Waals surface area contributed by atoms with Crippen molar-refractivity contribution in [3.63, 3.8) is 0 Å². The van der Waals surface area contributed by atoms with Gasteiger partial charge in [-0.3, -0.25) is 5.10 Å². The van der Waals surface area contributed by atoms with E-state index < -0.39 is 10.0 Å². The van der Waals surface area contributed by atoms with E-state index in [1.165, 1.54) is 5.56 Å². The van der Waals surface area contributed by atoms with Gasteiger partial charge in [0.2, 0.25) is 10.0 Å². The van der Waals surface area contributed by atoms with Crippen LogP contribution in [0, 0.1) is 13.8 Å². The van der Waals surface area contributed by atoms with Crippen molar-refractivity contribution in [1.29, 1.82) is 0 Å². The van der Waals surface area contributed by atoms with Gasteiger partial charge < -0.3 is 4.90 Å². The van der Waals surface area contributed by atoms with Crippen LogP contribution in [0.4, 0.5) is 0 Å². The Labute approximate surface area is 160 Å². The minimum atomic E-state index is -3.47. The minimum Gasteiger partial charge on any atom is -0.301 e. The minimum absolute atomic E-state index is 0.326. The van der Waals surface area contributed by atoms with Crippen molar-refractivity contribution in [2.75, 3.05) is 32.7 Å². The summed E-state index contributed by atoms with van der Waals surface area (Å²) in [6, 6.07) is 7.95. The summed E-state index contributed by atoms with van der Waals surface area (Å²) in [5.74, 6) is 0. The molecule has 3 rings (SSSR count). The predicted molar refractivity (Wildman–Crippen MR) is 103 cm³/mol. The Hall–Kier alpha value is -1.41. The summed E-state index contributed by atoms with van der Waals surface area (Å²) in [4.78, 5) is 2.65. The molecule has 1 aromatic heterocycles. The molecule has 0 saturated carbocycles. The average Bonchev–Trinajstić information content (AvgIpc) is 2.95. The maximum absolute atomic E-state index is 12.9. The second-order valence-electron chi connectivity index (χ2n) is 6.74. The summed E-state index contributed by atoms with van der Waals surface area (Å²) in [6.45, 7) is 6.98. The number of aromatic nitrogens is 2. The van der Waals surface area contributed by atoms with Gasteiger partial charge in [-0.15, -0.1) is 0 Å². The molecule has 8 heteroatoms. The maximum atomic E-state index is 12.9. The van der Waals surface area contributed by atoms with Gasteiger partial charge in [0.1, 0.15) is 4.90 Å². The Morgan fingerprint density at radius 1 is 1.19 bits per heavy atom. The fourth-order valence-corrected chi connectivity index (χ4v) is 5.41. The number of H-pyrrole nitrogens is 1. The SMILES string of the molecule is Cc1n[nH]c(C)c1S(=O)(=O)N1CCN(CCCc2cccc(Cl)c2)CC1. The van der Waals surface area contributed by atoms with Gasteiger partial charge in [-0.25, -0.2) is 8.42 Å². The van der Waals surface area contributed by atoms with E-state index in [1.54, 1.807) is 18.2 Å². The first-order valence-corrected chi connectivity index (χ1v) is 10.7. The largest absolute Gasteiger partial charge is 0.301 e. The zero-order chi connectivity index (χ0) is 18.7. The summed E-state index contributed by atoms with van der Waals surface area (Å²) in [6.07, 6.45) is 2.01. The van der Waals surface area contributed by atoms with Crippen molar-refractivity contribution in [3.8, 4) is 0 Å². The first-order valence-electron chi connectivity index (χ1n) is 8.86. The van der Waals surface area contributed by atoms with E-state index in [4.69, 9.17) is 11.6 Å². The normalized spacial score (nSPS) is 16.9. The molecule has 1 aromatic carbocycles. The molecule has 0 aliphatic carbocycles. The number of hydrogen-bond acceptors (Lipinski definition) is 4. The Kier molecular flexibility index (Phi) is 6.02. The summed E-state index contributed by atoms with van der Waals surface area (Å²) < 4.78 is 27.3. The zero-order valence-corrected chi connectivity index (χ0v) is 16.8. The number of aryl methyl sites for hydroxylation is 3. The molecule has 0 amide bonds. The summed E-state index contributed by atoms with van der Waals surface area (Å²) in [5.41, 5.74) is 2.38.